The van der Waals surface area contributed by atoms with Gasteiger partial charge in [0.25, 0.3) is 5.91 Å². The molecule has 0 atom stereocenters. The molecule has 152 valence electrons. The van der Waals surface area contributed by atoms with E-state index in [4.69, 9.17) is 10.5 Å². The summed E-state index contributed by atoms with van der Waals surface area (Å²) in [7, 11) is 0. The van der Waals surface area contributed by atoms with Gasteiger partial charge >= 0.3 is 6.18 Å². The molecule has 0 radical (unpaired) electrons. The lowest BCUT2D eigenvalue weighted by molar-refractivity contribution is -0.130. The summed E-state index contributed by atoms with van der Waals surface area (Å²) < 4.78 is 42.0. The summed E-state index contributed by atoms with van der Waals surface area (Å²) in [6.07, 6.45) is -3.52. The van der Waals surface area contributed by atoms with Crippen LogP contribution < -0.4 is 16.4 Å². The molecular formula is C17H23ClF3N3O3. The van der Waals surface area contributed by atoms with Crippen LogP contribution >= 0.6 is 12.4 Å². The van der Waals surface area contributed by atoms with Crippen molar-refractivity contribution in [2.45, 2.75) is 25.9 Å². The molecule has 1 fully saturated rings. The topological polar surface area (TPSA) is 93.5 Å². The lowest BCUT2D eigenvalue weighted by Gasteiger charge is -2.34. The number of carbonyl (C=O) groups is 2. The largest absolute Gasteiger partial charge is 0.405 e. The van der Waals surface area contributed by atoms with E-state index in [0.717, 1.165) is 0 Å². The van der Waals surface area contributed by atoms with Crippen molar-refractivity contribution in [3.8, 4) is 0 Å². The van der Waals surface area contributed by atoms with Crippen LogP contribution in [-0.2, 0) is 9.53 Å². The Morgan fingerprint density at radius 2 is 1.89 bits per heavy atom. The minimum atomic E-state index is -4.49. The van der Waals surface area contributed by atoms with Crippen molar-refractivity contribution in [1.29, 1.82) is 0 Å². The minimum Gasteiger partial charge on any atom is -0.381 e. The van der Waals surface area contributed by atoms with Crippen molar-refractivity contribution in [3.05, 3.63) is 29.3 Å². The van der Waals surface area contributed by atoms with Crippen molar-refractivity contribution in [3.63, 3.8) is 0 Å². The maximum atomic E-state index is 12.7. The molecule has 1 aliphatic rings. The van der Waals surface area contributed by atoms with Gasteiger partial charge in [0, 0.05) is 31.0 Å². The molecule has 0 saturated carbocycles. The van der Waals surface area contributed by atoms with Crippen LogP contribution in [0.15, 0.2) is 18.2 Å². The predicted molar refractivity (Wildman–Crippen MR) is 97.0 cm³/mol. The molecule has 10 heteroatoms. The number of anilines is 1. The first kappa shape index (κ1) is 23.2. The Balaban J connectivity index is 0.00000364. The molecule has 0 aromatic heterocycles. The maximum absolute atomic E-state index is 12.7. The smallest absolute Gasteiger partial charge is 0.381 e. The van der Waals surface area contributed by atoms with Gasteiger partial charge in [-0.15, -0.1) is 12.4 Å². The van der Waals surface area contributed by atoms with E-state index in [0.29, 0.717) is 37.3 Å². The van der Waals surface area contributed by atoms with Crippen LogP contribution in [0.4, 0.5) is 18.9 Å². The number of benzene rings is 1. The summed E-state index contributed by atoms with van der Waals surface area (Å²) in [5.74, 6) is -1.14. The number of alkyl halides is 3. The Hall–Kier alpha value is -1.84. The first-order valence-corrected chi connectivity index (χ1v) is 8.22. The Labute approximate surface area is 161 Å². The minimum absolute atomic E-state index is 0. The molecule has 0 aliphatic carbocycles. The lowest BCUT2D eigenvalue weighted by atomic mass is 9.79. The molecule has 2 amide bonds. The molecule has 1 aliphatic heterocycles. The summed E-state index contributed by atoms with van der Waals surface area (Å²) in [5, 5.41) is 4.57. The van der Waals surface area contributed by atoms with E-state index in [9.17, 15) is 22.8 Å². The van der Waals surface area contributed by atoms with E-state index in [1.54, 1.807) is 13.0 Å². The monoisotopic (exact) mass is 409 g/mol. The second kappa shape index (κ2) is 9.38. The fourth-order valence-electron chi connectivity index (χ4n) is 2.72. The number of nitrogens with two attached hydrogens (primary N) is 1. The van der Waals surface area contributed by atoms with Gasteiger partial charge in [0.2, 0.25) is 5.91 Å². The fourth-order valence-corrected chi connectivity index (χ4v) is 2.72. The van der Waals surface area contributed by atoms with Crippen molar-refractivity contribution in [1.82, 2.24) is 5.32 Å². The zero-order valence-corrected chi connectivity index (χ0v) is 15.6. The molecule has 1 aromatic carbocycles. The third kappa shape index (κ3) is 6.08. The molecule has 27 heavy (non-hydrogen) atoms. The Morgan fingerprint density at radius 1 is 1.26 bits per heavy atom. The number of aryl methyl sites for hydroxylation is 1. The summed E-state index contributed by atoms with van der Waals surface area (Å²) in [6, 6.07) is 4.34. The van der Waals surface area contributed by atoms with Crippen LogP contribution in [0.25, 0.3) is 0 Å². The second-order valence-corrected chi connectivity index (χ2v) is 6.38. The quantitative estimate of drug-likeness (QED) is 0.696. The molecule has 1 aromatic rings. The van der Waals surface area contributed by atoms with Crippen molar-refractivity contribution < 1.29 is 27.5 Å². The first-order chi connectivity index (χ1) is 12.2. The van der Waals surface area contributed by atoms with Gasteiger partial charge < -0.3 is 21.1 Å². The highest BCUT2D eigenvalue weighted by molar-refractivity contribution is 5.99. The fraction of sp³-hybridized carbons (Fsp3) is 0.529. The van der Waals surface area contributed by atoms with Crippen molar-refractivity contribution in [2.75, 3.05) is 31.6 Å². The van der Waals surface area contributed by atoms with Gasteiger partial charge in [0.1, 0.15) is 6.54 Å². The second-order valence-electron chi connectivity index (χ2n) is 6.38. The summed E-state index contributed by atoms with van der Waals surface area (Å²) in [4.78, 5) is 24.6. The predicted octanol–water partition coefficient (Wildman–Crippen LogP) is 2.40. The van der Waals surface area contributed by atoms with Crippen LogP contribution in [0.1, 0.15) is 28.8 Å². The highest BCUT2D eigenvalue weighted by Crippen LogP contribution is 2.31. The molecule has 4 N–H and O–H groups in total. The molecule has 1 saturated heterocycles. The van der Waals surface area contributed by atoms with E-state index >= 15 is 0 Å². The molecule has 2 rings (SSSR count). The lowest BCUT2D eigenvalue weighted by Crippen LogP contribution is -2.46. The zero-order valence-electron chi connectivity index (χ0n) is 14.8. The van der Waals surface area contributed by atoms with Crippen LogP contribution in [-0.4, -0.2) is 44.3 Å². The van der Waals surface area contributed by atoms with E-state index in [1.807, 2.05) is 5.32 Å². The summed E-state index contributed by atoms with van der Waals surface area (Å²) >= 11 is 0. The molecule has 1 heterocycles. The van der Waals surface area contributed by atoms with E-state index in [2.05, 4.69) is 5.32 Å². The van der Waals surface area contributed by atoms with Gasteiger partial charge in [0.05, 0.1) is 5.41 Å². The summed E-state index contributed by atoms with van der Waals surface area (Å²) in [6.45, 7) is 1.34. The van der Waals surface area contributed by atoms with Gasteiger partial charge in [0.15, 0.2) is 0 Å². The Morgan fingerprint density at radius 3 is 2.44 bits per heavy atom. The number of halogens is 4. The van der Waals surface area contributed by atoms with E-state index in [1.165, 1.54) is 12.1 Å². The number of amides is 2. The highest BCUT2D eigenvalue weighted by atomic mass is 35.5. The molecule has 0 unspecified atom stereocenters. The van der Waals surface area contributed by atoms with Gasteiger partial charge in [-0.2, -0.15) is 13.2 Å². The van der Waals surface area contributed by atoms with Crippen molar-refractivity contribution >= 4 is 29.9 Å². The van der Waals surface area contributed by atoms with Crippen molar-refractivity contribution in [2.24, 2.45) is 11.1 Å². The van der Waals surface area contributed by atoms with Crippen LogP contribution in [0, 0.1) is 12.3 Å². The van der Waals surface area contributed by atoms with Gasteiger partial charge in [-0.25, -0.2) is 0 Å². The zero-order chi connectivity index (χ0) is 19.4. The highest BCUT2D eigenvalue weighted by Gasteiger charge is 2.39. The van der Waals surface area contributed by atoms with E-state index < -0.39 is 24.0 Å². The number of ether oxygens (including phenoxy) is 1. The van der Waals surface area contributed by atoms with Gasteiger partial charge in [-0.1, -0.05) is 6.07 Å². The van der Waals surface area contributed by atoms with E-state index in [-0.39, 0.29) is 30.4 Å². The number of nitrogens with one attached hydrogen (secondary N) is 2. The first-order valence-electron chi connectivity index (χ1n) is 8.22. The standard InChI is InChI=1S/C17H22F3N3O3.ClH/c1-11-2-3-12(14(24)22-10-17(18,19)20)8-13(11)23-15(25)16(9-21)4-6-26-7-5-16;/h2-3,8H,4-7,9-10,21H2,1H3,(H,22,24)(H,23,25);1H. The molecule has 0 spiro atoms. The number of hydrogen-bond acceptors (Lipinski definition) is 4. The Bertz CT molecular complexity index is 677. The van der Waals surface area contributed by atoms with Crippen LogP contribution in [0.5, 0.6) is 0 Å². The van der Waals surface area contributed by atoms with Gasteiger partial charge in [-0.05, 0) is 37.5 Å². The number of rotatable bonds is 5. The molecule has 6 nitrogen and oxygen atoms in total. The molecule has 0 bridgehead atoms. The van der Waals surface area contributed by atoms with Crippen LogP contribution in [0.3, 0.4) is 0 Å². The summed E-state index contributed by atoms with van der Waals surface area (Å²) in [5.41, 5.74) is 6.14. The average molecular weight is 410 g/mol. The average Bonchev–Trinajstić information content (AvgIpc) is 2.61. The van der Waals surface area contributed by atoms with Crippen LogP contribution in [0.2, 0.25) is 0 Å². The molecular weight excluding hydrogens is 387 g/mol. The SMILES string of the molecule is Cc1ccc(C(=O)NCC(F)(F)F)cc1NC(=O)C1(CN)CCOCC1.Cl. The normalized spacial score (nSPS) is 16.2. The van der Waals surface area contributed by atoms with Gasteiger partial charge in [-0.3, -0.25) is 9.59 Å². The maximum Gasteiger partial charge on any atom is 0.405 e. The number of carbonyl (C=O) groups excluding carboxylic acids is 2. The third-order valence-electron chi connectivity index (χ3n) is 4.52. The third-order valence-corrected chi connectivity index (χ3v) is 4.52. The number of hydrogen-bond donors (Lipinski definition) is 3. The Kier molecular flexibility index (Phi) is 8.06.